The molecule has 3 nitrogen and oxygen atoms in total. The van der Waals surface area contributed by atoms with Crippen molar-refractivity contribution >= 4 is 5.91 Å². The predicted octanol–water partition coefficient (Wildman–Crippen LogP) is 2.36. The lowest BCUT2D eigenvalue weighted by atomic mass is 9.54. The summed E-state index contributed by atoms with van der Waals surface area (Å²) < 4.78 is 0. The molecule has 5 fully saturated rings. The zero-order valence-corrected chi connectivity index (χ0v) is 12.9. The average molecular weight is 276 g/mol. The van der Waals surface area contributed by atoms with E-state index >= 15 is 0 Å². The van der Waals surface area contributed by atoms with Crippen LogP contribution in [-0.2, 0) is 4.79 Å². The van der Waals surface area contributed by atoms with Crippen LogP contribution in [0.2, 0.25) is 0 Å². The second-order valence-corrected chi connectivity index (χ2v) is 8.01. The van der Waals surface area contributed by atoms with Crippen molar-refractivity contribution in [2.45, 2.75) is 57.0 Å². The number of likely N-dealkylation sites (N-methyl/N-ethyl adjacent to an activating group) is 2. The lowest BCUT2D eigenvalue weighted by molar-refractivity contribution is -0.145. The smallest absolute Gasteiger partial charge is 0.239 e. The van der Waals surface area contributed by atoms with Gasteiger partial charge in [-0.1, -0.05) is 0 Å². The van der Waals surface area contributed by atoms with E-state index in [1.807, 2.05) is 0 Å². The van der Waals surface area contributed by atoms with Gasteiger partial charge in [0.1, 0.15) is 0 Å². The highest BCUT2D eigenvalue weighted by molar-refractivity contribution is 5.82. The van der Waals surface area contributed by atoms with Crippen LogP contribution in [0.1, 0.15) is 44.9 Å². The van der Waals surface area contributed by atoms with E-state index in [0.717, 1.165) is 36.6 Å². The van der Waals surface area contributed by atoms with Crippen molar-refractivity contribution in [3.63, 3.8) is 0 Å². The standard InChI is InChI=1S/C17H28N2O/c1-18-5-3-4-15(18)17(20)19(2)16-13-7-11-6-12(9-13)10-14(16)8-11/h11-16H,3-10H2,1-2H3. The average Bonchev–Trinajstić information content (AvgIpc) is 2.82. The molecule has 1 amide bonds. The molecule has 0 spiro atoms. The van der Waals surface area contributed by atoms with Gasteiger partial charge in [0, 0.05) is 13.1 Å². The predicted molar refractivity (Wildman–Crippen MR) is 79.3 cm³/mol. The Kier molecular flexibility index (Phi) is 3.10. The maximum Gasteiger partial charge on any atom is 0.239 e. The van der Waals surface area contributed by atoms with Crippen LogP contribution in [0.25, 0.3) is 0 Å². The van der Waals surface area contributed by atoms with Gasteiger partial charge >= 0.3 is 0 Å². The Morgan fingerprint density at radius 2 is 1.65 bits per heavy atom. The highest BCUT2D eigenvalue weighted by atomic mass is 16.2. The van der Waals surface area contributed by atoms with Crippen LogP contribution >= 0.6 is 0 Å². The minimum atomic E-state index is 0.164. The van der Waals surface area contributed by atoms with Gasteiger partial charge in [-0.3, -0.25) is 9.69 Å². The molecule has 112 valence electrons. The van der Waals surface area contributed by atoms with Crippen molar-refractivity contribution in [1.82, 2.24) is 9.80 Å². The molecule has 1 aliphatic heterocycles. The van der Waals surface area contributed by atoms with E-state index < -0.39 is 0 Å². The molecule has 4 saturated carbocycles. The fraction of sp³-hybridized carbons (Fsp3) is 0.941. The van der Waals surface area contributed by atoms with Crippen molar-refractivity contribution < 1.29 is 4.79 Å². The first-order valence-electron chi connectivity index (χ1n) is 8.60. The number of hydrogen-bond donors (Lipinski definition) is 0. The maximum absolute atomic E-state index is 12.9. The molecule has 0 aromatic heterocycles. The molecule has 0 aromatic carbocycles. The van der Waals surface area contributed by atoms with Gasteiger partial charge in [-0.15, -0.1) is 0 Å². The Labute approximate surface area is 122 Å². The fourth-order valence-corrected chi connectivity index (χ4v) is 6.13. The summed E-state index contributed by atoms with van der Waals surface area (Å²) in [5.41, 5.74) is 0. The highest BCUT2D eigenvalue weighted by Gasteiger charge is 2.51. The van der Waals surface area contributed by atoms with E-state index in [1.165, 1.54) is 38.5 Å². The summed E-state index contributed by atoms with van der Waals surface area (Å²) in [6.45, 7) is 1.09. The zero-order chi connectivity index (χ0) is 13.9. The Balaban J connectivity index is 1.51. The Morgan fingerprint density at radius 3 is 2.15 bits per heavy atom. The molecule has 5 aliphatic rings. The van der Waals surface area contributed by atoms with E-state index in [9.17, 15) is 4.79 Å². The number of hydrogen-bond acceptors (Lipinski definition) is 2. The minimum Gasteiger partial charge on any atom is -0.341 e. The van der Waals surface area contributed by atoms with Crippen LogP contribution in [0.4, 0.5) is 0 Å². The summed E-state index contributed by atoms with van der Waals surface area (Å²) in [7, 11) is 4.21. The lowest BCUT2D eigenvalue weighted by Crippen LogP contribution is -2.58. The summed E-state index contributed by atoms with van der Waals surface area (Å²) in [5.74, 6) is 4.01. The van der Waals surface area contributed by atoms with Crippen LogP contribution in [0.5, 0.6) is 0 Å². The van der Waals surface area contributed by atoms with Gasteiger partial charge < -0.3 is 4.90 Å². The maximum atomic E-state index is 12.9. The third kappa shape index (κ3) is 1.93. The number of carbonyl (C=O) groups is 1. The van der Waals surface area contributed by atoms with E-state index in [1.54, 1.807) is 0 Å². The lowest BCUT2D eigenvalue weighted by Gasteiger charge is -2.56. The van der Waals surface area contributed by atoms with Gasteiger partial charge in [-0.2, -0.15) is 0 Å². The molecule has 4 bridgehead atoms. The molecule has 5 rings (SSSR count). The van der Waals surface area contributed by atoms with Crippen molar-refractivity contribution in [1.29, 1.82) is 0 Å². The quantitative estimate of drug-likeness (QED) is 0.773. The van der Waals surface area contributed by atoms with Gasteiger partial charge in [0.25, 0.3) is 0 Å². The van der Waals surface area contributed by atoms with Gasteiger partial charge in [0.05, 0.1) is 6.04 Å². The Bertz CT molecular complexity index is 380. The van der Waals surface area contributed by atoms with Crippen molar-refractivity contribution in [2.75, 3.05) is 20.6 Å². The van der Waals surface area contributed by atoms with Crippen molar-refractivity contribution in [2.24, 2.45) is 23.7 Å². The largest absolute Gasteiger partial charge is 0.341 e. The van der Waals surface area contributed by atoms with Crippen LogP contribution in [0, 0.1) is 23.7 Å². The van der Waals surface area contributed by atoms with E-state index in [-0.39, 0.29) is 6.04 Å². The molecule has 0 N–H and O–H groups in total. The normalized spacial score (nSPS) is 46.9. The first kappa shape index (κ1) is 13.1. The first-order valence-corrected chi connectivity index (χ1v) is 8.60. The Morgan fingerprint density at radius 1 is 1.05 bits per heavy atom. The summed E-state index contributed by atoms with van der Waals surface area (Å²) in [4.78, 5) is 17.3. The van der Waals surface area contributed by atoms with Crippen LogP contribution < -0.4 is 0 Å². The zero-order valence-electron chi connectivity index (χ0n) is 12.9. The number of nitrogens with zero attached hydrogens (tertiary/aromatic N) is 2. The molecule has 0 aromatic rings. The third-order valence-corrected chi connectivity index (χ3v) is 6.78. The second kappa shape index (κ2) is 4.72. The molecule has 4 aliphatic carbocycles. The highest BCUT2D eigenvalue weighted by Crippen LogP contribution is 2.55. The fourth-order valence-electron chi connectivity index (χ4n) is 6.13. The number of rotatable bonds is 2. The van der Waals surface area contributed by atoms with Gasteiger partial charge in [-0.05, 0) is 82.2 Å². The van der Waals surface area contributed by atoms with Gasteiger partial charge in [0.15, 0.2) is 0 Å². The van der Waals surface area contributed by atoms with Gasteiger partial charge in [0.2, 0.25) is 5.91 Å². The third-order valence-electron chi connectivity index (χ3n) is 6.78. The SMILES string of the molecule is CN1CCCC1C(=O)N(C)C1C2CC3CC(C2)CC1C3. The Hall–Kier alpha value is -0.570. The van der Waals surface area contributed by atoms with Crippen LogP contribution in [0.3, 0.4) is 0 Å². The molecule has 0 radical (unpaired) electrons. The van der Waals surface area contributed by atoms with E-state index in [2.05, 4.69) is 23.9 Å². The molecule has 1 heterocycles. The summed E-state index contributed by atoms with van der Waals surface area (Å²) in [5, 5.41) is 0. The van der Waals surface area contributed by atoms with E-state index in [0.29, 0.717) is 11.9 Å². The number of carbonyl (C=O) groups excluding carboxylic acids is 1. The molecule has 3 heteroatoms. The summed E-state index contributed by atoms with van der Waals surface area (Å²) in [6, 6.07) is 0.724. The molecule has 1 saturated heterocycles. The van der Waals surface area contributed by atoms with Crippen LogP contribution in [-0.4, -0.2) is 48.4 Å². The second-order valence-electron chi connectivity index (χ2n) is 8.01. The molecule has 1 atom stereocenters. The van der Waals surface area contributed by atoms with Gasteiger partial charge in [-0.25, -0.2) is 0 Å². The van der Waals surface area contributed by atoms with Crippen LogP contribution in [0.15, 0.2) is 0 Å². The molecule has 20 heavy (non-hydrogen) atoms. The topological polar surface area (TPSA) is 23.6 Å². The number of likely N-dealkylation sites (tertiary alicyclic amines) is 1. The number of amides is 1. The summed E-state index contributed by atoms with van der Waals surface area (Å²) in [6.07, 6.45) is 9.33. The molecular weight excluding hydrogens is 248 g/mol. The van der Waals surface area contributed by atoms with Crippen molar-refractivity contribution in [3.05, 3.63) is 0 Å². The molecular formula is C17H28N2O. The monoisotopic (exact) mass is 276 g/mol. The minimum absolute atomic E-state index is 0.164. The summed E-state index contributed by atoms with van der Waals surface area (Å²) >= 11 is 0. The molecule has 1 unspecified atom stereocenters. The van der Waals surface area contributed by atoms with E-state index in [4.69, 9.17) is 0 Å². The van der Waals surface area contributed by atoms with Crippen molar-refractivity contribution in [3.8, 4) is 0 Å². The first-order chi connectivity index (χ1) is 9.63.